The number of anilines is 1. The maximum atomic E-state index is 12.7. The molecule has 7 heteroatoms. The van der Waals surface area contributed by atoms with Crippen LogP contribution in [-0.4, -0.2) is 58.3 Å². The van der Waals surface area contributed by atoms with E-state index >= 15 is 0 Å². The fraction of sp³-hybridized carbons (Fsp3) is 0.368. The Morgan fingerprint density at radius 3 is 2.58 bits per heavy atom. The average Bonchev–Trinajstić information content (AvgIpc) is 2.66. The zero-order valence-corrected chi connectivity index (χ0v) is 15.1. The van der Waals surface area contributed by atoms with E-state index in [0.717, 1.165) is 17.7 Å². The van der Waals surface area contributed by atoms with Crippen molar-refractivity contribution in [2.45, 2.75) is 20.4 Å². The van der Waals surface area contributed by atoms with Gasteiger partial charge >= 0.3 is 0 Å². The number of rotatable bonds is 5. The Kier molecular flexibility index (Phi) is 5.46. The summed E-state index contributed by atoms with van der Waals surface area (Å²) < 4.78 is 0. The van der Waals surface area contributed by atoms with Crippen LogP contribution in [0.5, 0.6) is 0 Å². The lowest BCUT2D eigenvalue weighted by molar-refractivity contribution is -0.119. The number of carbonyl (C=O) groups excluding carboxylic acids is 2. The van der Waals surface area contributed by atoms with E-state index in [0.29, 0.717) is 44.4 Å². The summed E-state index contributed by atoms with van der Waals surface area (Å²) in [6, 6.07) is 9.81. The van der Waals surface area contributed by atoms with Crippen molar-refractivity contribution < 1.29 is 9.59 Å². The molecular weight excluding hydrogens is 330 g/mol. The summed E-state index contributed by atoms with van der Waals surface area (Å²) >= 11 is 0. The number of nitrogens with one attached hydrogen (secondary N) is 1. The molecule has 1 fully saturated rings. The lowest BCUT2D eigenvalue weighted by Gasteiger charge is -2.32. The van der Waals surface area contributed by atoms with Crippen molar-refractivity contribution in [1.82, 2.24) is 19.8 Å². The van der Waals surface area contributed by atoms with E-state index in [-0.39, 0.29) is 5.91 Å². The molecule has 1 aromatic carbocycles. The number of aryl methyl sites for hydroxylation is 2. The summed E-state index contributed by atoms with van der Waals surface area (Å²) in [4.78, 5) is 35.7. The minimum absolute atomic E-state index is 0.125. The molecule has 26 heavy (non-hydrogen) atoms. The van der Waals surface area contributed by atoms with Crippen LogP contribution in [0.4, 0.5) is 5.95 Å². The predicted molar refractivity (Wildman–Crippen MR) is 98.8 cm³/mol. The van der Waals surface area contributed by atoms with Gasteiger partial charge in [-0.15, -0.1) is 0 Å². The largest absolute Gasteiger partial charge is 0.350 e. The van der Waals surface area contributed by atoms with Crippen LogP contribution in [0, 0.1) is 13.8 Å². The average molecular weight is 353 g/mol. The molecule has 1 aromatic heterocycles. The molecule has 136 valence electrons. The Bertz CT molecular complexity index is 800. The van der Waals surface area contributed by atoms with E-state index in [1.54, 1.807) is 15.9 Å². The number of aromatic nitrogens is 2. The first-order valence-corrected chi connectivity index (χ1v) is 8.69. The quantitative estimate of drug-likeness (QED) is 0.827. The Hall–Kier alpha value is -2.96. The number of benzene rings is 1. The van der Waals surface area contributed by atoms with Crippen LogP contribution in [0.25, 0.3) is 0 Å². The number of piperazine rings is 1. The molecule has 2 heterocycles. The molecule has 3 rings (SSSR count). The van der Waals surface area contributed by atoms with Crippen molar-refractivity contribution in [3.05, 3.63) is 52.8 Å². The highest BCUT2D eigenvalue weighted by atomic mass is 16.2. The molecular formula is C19H23N5O2. The van der Waals surface area contributed by atoms with Crippen LogP contribution < -0.4 is 5.32 Å². The maximum Gasteiger partial charge on any atom is 0.272 e. The third kappa shape index (κ3) is 4.17. The van der Waals surface area contributed by atoms with Crippen LogP contribution in [0.1, 0.15) is 27.3 Å². The molecule has 0 radical (unpaired) electrons. The fourth-order valence-corrected chi connectivity index (χ4v) is 2.93. The van der Waals surface area contributed by atoms with E-state index < -0.39 is 0 Å². The second-order valence-electron chi connectivity index (χ2n) is 6.43. The Balaban J connectivity index is 1.70. The molecule has 0 unspecified atom stereocenters. The molecule has 1 aliphatic rings. The number of amides is 2. The topological polar surface area (TPSA) is 78.4 Å². The summed E-state index contributed by atoms with van der Waals surface area (Å²) in [7, 11) is 0. The summed E-state index contributed by atoms with van der Waals surface area (Å²) in [5.74, 6) is 0.322. The monoisotopic (exact) mass is 353 g/mol. The zero-order valence-electron chi connectivity index (χ0n) is 15.1. The summed E-state index contributed by atoms with van der Waals surface area (Å²) in [5.41, 5.74) is 3.47. The number of carbonyl (C=O) groups is 2. The minimum atomic E-state index is -0.125. The Morgan fingerprint density at radius 1 is 1.15 bits per heavy atom. The van der Waals surface area contributed by atoms with Crippen LogP contribution in [0.15, 0.2) is 30.3 Å². The zero-order chi connectivity index (χ0) is 18.5. The second-order valence-corrected chi connectivity index (χ2v) is 6.43. The van der Waals surface area contributed by atoms with Crippen molar-refractivity contribution in [1.29, 1.82) is 0 Å². The van der Waals surface area contributed by atoms with Gasteiger partial charge in [0.05, 0.1) is 0 Å². The lowest BCUT2D eigenvalue weighted by atomic mass is 10.1. The molecule has 7 nitrogen and oxygen atoms in total. The first-order chi connectivity index (χ1) is 12.6. The van der Waals surface area contributed by atoms with Gasteiger partial charge in [-0.2, -0.15) is 0 Å². The highest BCUT2D eigenvalue weighted by Crippen LogP contribution is 2.12. The van der Waals surface area contributed by atoms with E-state index in [4.69, 9.17) is 0 Å². The molecule has 0 bridgehead atoms. The van der Waals surface area contributed by atoms with Gasteiger partial charge in [0.1, 0.15) is 5.69 Å². The maximum absolute atomic E-state index is 12.7. The van der Waals surface area contributed by atoms with Crippen molar-refractivity contribution in [3.8, 4) is 0 Å². The first kappa shape index (κ1) is 17.8. The van der Waals surface area contributed by atoms with Crippen molar-refractivity contribution in [2.24, 2.45) is 0 Å². The normalized spacial score (nSPS) is 14.2. The van der Waals surface area contributed by atoms with Crippen LogP contribution in [-0.2, 0) is 11.3 Å². The number of hydrogen-bond acceptors (Lipinski definition) is 5. The third-order valence-electron chi connectivity index (χ3n) is 4.52. The van der Waals surface area contributed by atoms with Gasteiger partial charge in [0, 0.05) is 38.4 Å². The highest BCUT2D eigenvalue weighted by Gasteiger charge is 2.23. The van der Waals surface area contributed by atoms with Gasteiger partial charge in [-0.05, 0) is 31.0 Å². The molecule has 1 saturated heterocycles. The first-order valence-electron chi connectivity index (χ1n) is 8.69. The molecule has 0 saturated carbocycles. The SMILES string of the molecule is Cc1cc(C(=O)N2CCN(C=O)CC2)nc(NCc2ccccc2C)n1. The van der Waals surface area contributed by atoms with Crippen LogP contribution in [0.3, 0.4) is 0 Å². The van der Waals surface area contributed by atoms with Gasteiger partial charge in [0.15, 0.2) is 0 Å². The molecule has 2 aromatic rings. The van der Waals surface area contributed by atoms with Gasteiger partial charge in [0.25, 0.3) is 5.91 Å². The third-order valence-corrected chi connectivity index (χ3v) is 4.52. The lowest BCUT2D eigenvalue weighted by Crippen LogP contribution is -2.48. The Morgan fingerprint density at radius 2 is 1.88 bits per heavy atom. The summed E-state index contributed by atoms with van der Waals surface area (Å²) in [5, 5.41) is 3.21. The molecule has 1 aliphatic heterocycles. The van der Waals surface area contributed by atoms with E-state index in [1.807, 2.05) is 19.1 Å². The van der Waals surface area contributed by atoms with E-state index in [1.165, 1.54) is 5.56 Å². The van der Waals surface area contributed by atoms with Crippen LogP contribution in [0.2, 0.25) is 0 Å². The summed E-state index contributed by atoms with van der Waals surface area (Å²) in [6.07, 6.45) is 0.824. The van der Waals surface area contributed by atoms with Crippen molar-refractivity contribution in [3.63, 3.8) is 0 Å². The molecule has 0 atom stereocenters. The van der Waals surface area contributed by atoms with Crippen molar-refractivity contribution >= 4 is 18.3 Å². The predicted octanol–water partition coefficient (Wildman–Crippen LogP) is 1.62. The molecule has 0 aliphatic carbocycles. The van der Waals surface area contributed by atoms with Gasteiger partial charge in [-0.25, -0.2) is 9.97 Å². The van der Waals surface area contributed by atoms with Crippen molar-refractivity contribution in [2.75, 3.05) is 31.5 Å². The van der Waals surface area contributed by atoms with E-state index in [9.17, 15) is 9.59 Å². The molecule has 2 amide bonds. The van der Waals surface area contributed by atoms with Gasteiger partial charge in [-0.1, -0.05) is 24.3 Å². The van der Waals surface area contributed by atoms with Crippen LogP contribution >= 0.6 is 0 Å². The van der Waals surface area contributed by atoms with Gasteiger partial charge < -0.3 is 15.1 Å². The van der Waals surface area contributed by atoms with Gasteiger partial charge in [0.2, 0.25) is 12.4 Å². The minimum Gasteiger partial charge on any atom is -0.350 e. The standard InChI is InChI=1S/C19H23N5O2/c1-14-5-3-4-6-16(14)12-20-19-21-15(2)11-17(22-19)18(26)24-9-7-23(13-25)8-10-24/h3-6,11,13H,7-10,12H2,1-2H3,(H,20,21,22). The number of hydrogen-bond donors (Lipinski definition) is 1. The second kappa shape index (κ2) is 7.95. The number of nitrogens with zero attached hydrogens (tertiary/aromatic N) is 4. The van der Waals surface area contributed by atoms with Gasteiger partial charge in [-0.3, -0.25) is 9.59 Å². The highest BCUT2D eigenvalue weighted by molar-refractivity contribution is 5.92. The molecule has 0 spiro atoms. The van der Waals surface area contributed by atoms with E-state index in [2.05, 4.69) is 34.3 Å². The smallest absolute Gasteiger partial charge is 0.272 e. The summed E-state index contributed by atoms with van der Waals surface area (Å²) in [6.45, 7) is 6.65. The fourth-order valence-electron chi connectivity index (χ4n) is 2.93. The molecule has 1 N–H and O–H groups in total. The Labute approximate surface area is 153 Å².